The first-order valence-electron chi connectivity index (χ1n) is 20.7. The second kappa shape index (κ2) is 16.6. The number of aromatic nitrogens is 1. The van der Waals surface area contributed by atoms with Crippen molar-refractivity contribution in [2.24, 2.45) is 7.05 Å². The number of para-hydroxylation sites is 1. The number of fused-ring (bicyclic) bond motifs is 2. The van der Waals surface area contributed by atoms with Crippen LogP contribution in [0.3, 0.4) is 0 Å². The average molecular weight is 728 g/mol. The van der Waals surface area contributed by atoms with E-state index in [1.54, 1.807) is 0 Å². The molecule has 1 aromatic heterocycles. The Morgan fingerprint density at radius 1 is 0.759 bits per heavy atom. The van der Waals surface area contributed by atoms with Crippen molar-refractivity contribution in [1.82, 2.24) is 19.3 Å². The molecule has 1 atom stereocenters. The van der Waals surface area contributed by atoms with Crippen molar-refractivity contribution in [2.75, 3.05) is 44.7 Å². The molecule has 1 saturated heterocycles. The highest BCUT2D eigenvalue weighted by atomic mass is 16.2. The fourth-order valence-corrected chi connectivity index (χ4v) is 9.18. The van der Waals surface area contributed by atoms with Crippen LogP contribution in [0.2, 0.25) is 0 Å². The Morgan fingerprint density at radius 2 is 1.44 bits per heavy atom. The first-order valence-corrected chi connectivity index (χ1v) is 20.7. The van der Waals surface area contributed by atoms with Gasteiger partial charge in [0.05, 0.1) is 12.1 Å². The van der Waals surface area contributed by atoms with Crippen molar-refractivity contribution in [1.29, 1.82) is 0 Å². The summed E-state index contributed by atoms with van der Waals surface area (Å²) in [4.78, 5) is 38.1. The number of unbranched alkanes of at least 4 members (excludes halogenated alkanes) is 2. The number of rotatable bonds is 11. The van der Waals surface area contributed by atoms with Gasteiger partial charge >= 0.3 is 0 Å². The van der Waals surface area contributed by atoms with Gasteiger partial charge in [0.2, 0.25) is 5.91 Å². The van der Waals surface area contributed by atoms with Gasteiger partial charge in [-0.25, -0.2) is 0 Å². The third kappa shape index (κ3) is 7.62. The zero-order valence-electron chi connectivity index (χ0n) is 33.7. The van der Waals surface area contributed by atoms with Gasteiger partial charge in [-0.15, -0.1) is 0 Å². The molecule has 0 saturated carbocycles. The normalized spacial score (nSPS) is 17.4. The summed E-state index contributed by atoms with van der Waals surface area (Å²) in [6.45, 7) is 14.8. The van der Waals surface area contributed by atoms with Crippen molar-refractivity contribution < 1.29 is 9.59 Å². The summed E-state index contributed by atoms with van der Waals surface area (Å²) in [7, 11) is 4.37. The zero-order chi connectivity index (χ0) is 37.9. The van der Waals surface area contributed by atoms with E-state index in [0.29, 0.717) is 26.1 Å². The number of hydrogen-bond donors (Lipinski definition) is 0. The number of nitrogens with zero attached hydrogens (tertiary/aromatic N) is 5. The van der Waals surface area contributed by atoms with Crippen LogP contribution in [0.5, 0.6) is 0 Å². The minimum atomic E-state index is 0.0876. The molecular formula is C47H61N5O2. The van der Waals surface area contributed by atoms with Crippen LogP contribution >= 0.6 is 0 Å². The van der Waals surface area contributed by atoms with E-state index >= 15 is 4.79 Å². The molecule has 3 aliphatic heterocycles. The minimum Gasteiger partial charge on any atom is -0.369 e. The van der Waals surface area contributed by atoms with Crippen molar-refractivity contribution in [3.8, 4) is 11.3 Å². The van der Waals surface area contributed by atoms with E-state index in [1.165, 1.54) is 44.9 Å². The van der Waals surface area contributed by atoms with Crippen molar-refractivity contribution in [3.63, 3.8) is 0 Å². The maximum absolute atomic E-state index is 15.1. The second-order valence-electron chi connectivity index (χ2n) is 16.2. The molecule has 1 fully saturated rings. The van der Waals surface area contributed by atoms with E-state index in [0.717, 1.165) is 99.8 Å². The highest BCUT2D eigenvalue weighted by Crippen LogP contribution is 2.39. The molecular weight excluding hydrogens is 667 g/mol. The van der Waals surface area contributed by atoms with E-state index in [2.05, 4.69) is 122 Å². The molecule has 54 heavy (non-hydrogen) atoms. The SMILES string of the molecule is CCCCc1c(CCCC)c(-c2cc3c(cc2C(=O)N2Cc4ccccc4C[C@H]2C)CN(C(=O)Cc2ccccc2N2CCN(C)CC2)CC3)n(C)c1C. The molecule has 0 radical (unpaired) electrons. The summed E-state index contributed by atoms with van der Waals surface area (Å²) >= 11 is 0. The number of carbonyl (C=O) groups is 2. The lowest BCUT2D eigenvalue weighted by Crippen LogP contribution is -2.45. The molecule has 0 unspecified atom stereocenters. The van der Waals surface area contributed by atoms with Gasteiger partial charge in [0.15, 0.2) is 0 Å². The second-order valence-corrected chi connectivity index (χ2v) is 16.2. The quantitative estimate of drug-likeness (QED) is 0.157. The van der Waals surface area contributed by atoms with Gasteiger partial charge in [0.25, 0.3) is 5.91 Å². The maximum atomic E-state index is 15.1. The molecule has 4 aromatic rings. The monoisotopic (exact) mass is 727 g/mol. The molecule has 7 nitrogen and oxygen atoms in total. The highest BCUT2D eigenvalue weighted by molar-refractivity contribution is 6.02. The molecule has 286 valence electrons. The van der Waals surface area contributed by atoms with Crippen LogP contribution in [0.15, 0.2) is 60.7 Å². The van der Waals surface area contributed by atoms with Gasteiger partial charge in [-0.3, -0.25) is 9.59 Å². The number of piperazine rings is 1. The summed E-state index contributed by atoms with van der Waals surface area (Å²) in [5, 5.41) is 0. The van der Waals surface area contributed by atoms with Gasteiger partial charge in [0.1, 0.15) is 0 Å². The van der Waals surface area contributed by atoms with E-state index < -0.39 is 0 Å². The maximum Gasteiger partial charge on any atom is 0.255 e. The fraction of sp³-hybridized carbons (Fsp3) is 0.489. The van der Waals surface area contributed by atoms with E-state index in [4.69, 9.17) is 0 Å². The zero-order valence-corrected chi connectivity index (χ0v) is 33.7. The number of anilines is 1. The third-order valence-electron chi connectivity index (χ3n) is 12.6. The van der Waals surface area contributed by atoms with Crippen molar-refractivity contribution in [2.45, 2.75) is 105 Å². The number of likely N-dealkylation sites (N-methyl/N-ethyl adjacent to an activating group) is 1. The Balaban J connectivity index is 1.25. The van der Waals surface area contributed by atoms with Crippen LogP contribution < -0.4 is 4.90 Å². The first kappa shape index (κ1) is 37.9. The molecule has 0 aliphatic carbocycles. The Labute approximate surface area is 323 Å². The lowest BCUT2D eigenvalue weighted by atomic mass is 9.87. The molecule has 4 heterocycles. The van der Waals surface area contributed by atoms with E-state index in [1.807, 2.05) is 4.90 Å². The number of carbonyl (C=O) groups excluding carboxylic acids is 2. The molecule has 0 spiro atoms. The van der Waals surface area contributed by atoms with Crippen LogP contribution in [-0.4, -0.2) is 76.9 Å². The summed E-state index contributed by atoms with van der Waals surface area (Å²) in [6.07, 6.45) is 8.68. The Kier molecular flexibility index (Phi) is 11.6. The smallest absolute Gasteiger partial charge is 0.255 e. The van der Waals surface area contributed by atoms with E-state index in [-0.39, 0.29) is 17.9 Å². The highest BCUT2D eigenvalue weighted by Gasteiger charge is 2.33. The van der Waals surface area contributed by atoms with Gasteiger partial charge in [-0.05, 0) is 117 Å². The molecule has 0 bridgehead atoms. The van der Waals surface area contributed by atoms with Gasteiger partial charge in [-0.1, -0.05) is 69.2 Å². The molecule has 3 aromatic carbocycles. The first-order chi connectivity index (χ1) is 26.2. The van der Waals surface area contributed by atoms with Crippen LogP contribution in [0.4, 0.5) is 5.69 Å². The predicted octanol–water partition coefficient (Wildman–Crippen LogP) is 8.15. The van der Waals surface area contributed by atoms with Crippen LogP contribution in [0.1, 0.15) is 101 Å². The van der Waals surface area contributed by atoms with Crippen LogP contribution in [-0.2, 0) is 57.0 Å². The number of amides is 2. The summed E-state index contributed by atoms with van der Waals surface area (Å²) < 4.78 is 2.37. The van der Waals surface area contributed by atoms with Gasteiger partial charge < -0.3 is 24.2 Å². The Bertz CT molecular complexity index is 1990. The molecule has 7 rings (SSSR count). The van der Waals surface area contributed by atoms with Crippen LogP contribution in [0, 0.1) is 6.92 Å². The standard InChI is InChI=1S/C47H61N5O2/c1-7-9-18-40-34(4)49(6)46(41(40)19-10-8-2)42-28-36-21-22-51(45(53)30-37-16-13-14-20-44(37)50-25-23-48(5)24-26-50)31-39(36)29-43(42)47(54)52-32-38-17-12-11-15-35(38)27-33(52)3/h11-17,20,28-29,33H,7-10,18-19,21-27,30-32H2,1-6H3/t33-/m1/s1. The summed E-state index contributed by atoms with van der Waals surface area (Å²) in [6, 6.07) is 21.6. The topological polar surface area (TPSA) is 52.0 Å². The lowest BCUT2D eigenvalue weighted by Gasteiger charge is -2.36. The summed E-state index contributed by atoms with van der Waals surface area (Å²) in [5.41, 5.74) is 14.5. The lowest BCUT2D eigenvalue weighted by molar-refractivity contribution is -0.131. The van der Waals surface area contributed by atoms with Crippen molar-refractivity contribution >= 4 is 17.5 Å². The van der Waals surface area contributed by atoms with Gasteiger partial charge in [-0.2, -0.15) is 0 Å². The average Bonchev–Trinajstić information content (AvgIpc) is 3.42. The van der Waals surface area contributed by atoms with E-state index in [9.17, 15) is 4.79 Å². The number of benzene rings is 3. The number of hydrogen-bond acceptors (Lipinski definition) is 4. The Morgan fingerprint density at radius 3 is 2.19 bits per heavy atom. The fourth-order valence-electron chi connectivity index (χ4n) is 9.18. The van der Waals surface area contributed by atoms with Gasteiger partial charge in [0, 0.05) is 81.4 Å². The van der Waals surface area contributed by atoms with Crippen LogP contribution in [0.25, 0.3) is 11.3 Å². The molecule has 7 heteroatoms. The molecule has 2 amide bonds. The molecule has 0 N–H and O–H groups in total. The molecule has 3 aliphatic rings. The third-order valence-corrected chi connectivity index (χ3v) is 12.6. The largest absolute Gasteiger partial charge is 0.369 e. The Hall–Kier alpha value is -4.36. The van der Waals surface area contributed by atoms with Crippen molar-refractivity contribution in [3.05, 3.63) is 111 Å². The minimum absolute atomic E-state index is 0.0876. The summed E-state index contributed by atoms with van der Waals surface area (Å²) in [5.74, 6) is 0.246. The predicted molar refractivity (Wildman–Crippen MR) is 221 cm³/mol.